The molecule has 23 heavy (non-hydrogen) atoms. The minimum absolute atomic E-state index is 0.115. The topological polar surface area (TPSA) is 130 Å². The molecule has 0 radical (unpaired) electrons. The minimum atomic E-state index is -0.755. The van der Waals surface area contributed by atoms with E-state index in [-0.39, 0.29) is 17.6 Å². The summed E-state index contributed by atoms with van der Waals surface area (Å²) in [7, 11) is 0. The molecule has 0 atom stereocenters. The van der Waals surface area contributed by atoms with Crippen LogP contribution in [0.4, 0.5) is 0 Å². The third-order valence-corrected chi connectivity index (χ3v) is 3.42. The van der Waals surface area contributed by atoms with Crippen LogP contribution in [0.5, 0.6) is 11.5 Å². The van der Waals surface area contributed by atoms with Gasteiger partial charge in [-0.2, -0.15) is 0 Å². The summed E-state index contributed by atoms with van der Waals surface area (Å²) >= 11 is 0. The number of hydrogen-bond acceptors (Lipinski definition) is 7. The highest BCUT2D eigenvalue weighted by Gasteiger charge is 2.18. The number of rotatable bonds is 3. The Kier molecular flexibility index (Phi) is 3.45. The number of carbonyl (C=O) groups is 1. The van der Waals surface area contributed by atoms with Gasteiger partial charge in [-0.25, -0.2) is 9.47 Å². The molecule has 2 aromatic heterocycles. The molecule has 118 valence electrons. The number of aryl methyl sites for hydroxylation is 1. The van der Waals surface area contributed by atoms with E-state index in [0.717, 1.165) is 0 Å². The van der Waals surface area contributed by atoms with Crippen molar-refractivity contribution in [2.45, 2.75) is 13.3 Å². The standard InChI is InChI=1S/C14H12N4O5/c1-7-8-2-3-10(19)12(21)13(8)23-14(22)9(7)4-11(20)17-18-5-15-16-6-18/h2-3,5-6,19,21H,4H2,1H3,(H,17,20). The summed E-state index contributed by atoms with van der Waals surface area (Å²) < 4.78 is 6.30. The fraction of sp³-hybridized carbons (Fsp3) is 0.143. The van der Waals surface area contributed by atoms with Gasteiger partial charge in [-0.3, -0.25) is 10.2 Å². The molecule has 9 nitrogen and oxygen atoms in total. The lowest BCUT2D eigenvalue weighted by Gasteiger charge is -2.09. The Hall–Kier alpha value is -3.36. The van der Waals surface area contributed by atoms with Gasteiger partial charge in [-0.1, -0.05) is 0 Å². The molecule has 0 bridgehead atoms. The van der Waals surface area contributed by atoms with Crippen molar-refractivity contribution in [3.63, 3.8) is 0 Å². The van der Waals surface area contributed by atoms with Crippen LogP contribution in [-0.4, -0.2) is 31.0 Å². The second kappa shape index (κ2) is 5.44. The molecular weight excluding hydrogens is 304 g/mol. The molecule has 3 aromatic rings. The number of aromatic nitrogens is 3. The Bertz CT molecular complexity index is 946. The molecule has 0 aliphatic rings. The van der Waals surface area contributed by atoms with Crippen molar-refractivity contribution < 1.29 is 19.4 Å². The maximum atomic E-state index is 12.1. The molecule has 9 heteroatoms. The van der Waals surface area contributed by atoms with Crippen LogP contribution in [0.15, 0.2) is 34.0 Å². The summed E-state index contributed by atoms with van der Waals surface area (Å²) in [5, 5.41) is 26.8. The van der Waals surface area contributed by atoms with E-state index in [1.807, 2.05) is 0 Å². The SMILES string of the molecule is Cc1c(CC(=O)Nn2cnnc2)c(=O)oc2c(O)c(O)ccc12. The predicted octanol–water partition coefficient (Wildman–Crippen LogP) is 0.417. The highest BCUT2D eigenvalue weighted by molar-refractivity contribution is 5.90. The summed E-state index contributed by atoms with van der Waals surface area (Å²) in [6.45, 7) is 1.64. The van der Waals surface area contributed by atoms with Gasteiger partial charge >= 0.3 is 5.63 Å². The van der Waals surface area contributed by atoms with Gasteiger partial charge < -0.3 is 14.6 Å². The van der Waals surface area contributed by atoms with Crippen LogP contribution < -0.4 is 11.1 Å². The van der Waals surface area contributed by atoms with Crippen molar-refractivity contribution in [1.29, 1.82) is 0 Å². The normalized spacial score (nSPS) is 10.8. The van der Waals surface area contributed by atoms with Crippen molar-refractivity contribution in [2.75, 3.05) is 5.43 Å². The lowest BCUT2D eigenvalue weighted by Crippen LogP contribution is -2.26. The van der Waals surface area contributed by atoms with Crippen molar-refractivity contribution in [3.8, 4) is 11.5 Å². The maximum absolute atomic E-state index is 12.1. The third-order valence-electron chi connectivity index (χ3n) is 3.42. The average molecular weight is 316 g/mol. The Labute approximate surface area is 128 Å². The number of benzene rings is 1. The van der Waals surface area contributed by atoms with Gasteiger partial charge in [0.2, 0.25) is 11.7 Å². The van der Waals surface area contributed by atoms with E-state index < -0.39 is 23.0 Å². The van der Waals surface area contributed by atoms with Gasteiger partial charge in [-0.15, -0.1) is 10.2 Å². The maximum Gasteiger partial charge on any atom is 0.340 e. The van der Waals surface area contributed by atoms with Crippen molar-refractivity contribution >= 4 is 16.9 Å². The van der Waals surface area contributed by atoms with Gasteiger partial charge in [0.1, 0.15) is 12.7 Å². The number of phenols is 2. The molecule has 0 spiro atoms. The second-order valence-corrected chi connectivity index (χ2v) is 4.88. The van der Waals surface area contributed by atoms with E-state index in [4.69, 9.17) is 4.42 Å². The zero-order valence-electron chi connectivity index (χ0n) is 12.0. The lowest BCUT2D eigenvalue weighted by molar-refractivity contribution is -0.116. The number of fused-ring (bicyclic) bond motifs is 1. The first-order chi connectivity index (χ1) is 11.0. The Balaban J connectivity index is 2.00. The molecule has 0 unspecified atom stereocenters. The second-order valence-electron chi connectivity index (χ2n) is 4.88. The van der Waals surface area contributed by atoms with Crippen LogP contribution in [0.25, 0.3) is 11.0 Å². The summed E-state index contributed by atoms with van der Waals surface area (Å²) in [5.41, 5.74) is 2.26. The number of nitrogens with zero attached hydrogens (tertiary/aromatic N) is 3. The summed E-state index contributed by atoms with van der Waals surface area (Å²) in [5.74, 6) is -1.36. The van der Waals surface area contributed by atoms with E-state index >= 15 is 0 Å². The molecule has 0 aliphatic carbocycles. The van der Waals surface area contributed by atoms with Gasteiger partial charge in [0.25, 0.3) is 0 Å². The van der Waals surface area contributed by atoms with Gasteiger partial charge in [-0.05, 0) is 24.6 Å². The van der Waals surface area contributed by atoms with E-state index in [9.17, 15) is 19.8 Å². The van der Waals surface area contributed by atoms with Crippen molar-refractivity contribution in [3.05, 3.63) is 46.3 Å². The number of phenolic OH excluding ortho intramolecular Hbond substituents is 2. The lowest BCUT2D eigenvalue weighted by atomic mass is 10.0. The van der Waals surface area contributed by atoms with Crippen molar-refractivity contribution in [1.82, 2.24) is 14.9 Å². The van der Waals surface area contributed by atoms with E-state index in [1.165, 1.54) is 29.5 Å². The van der Waals surface area contributed by atoms with E-state index in [0.29, 0.717) is 10.9 Å². The monoisotopic (exact) mass is 316 g/mol. The molecule has 0 fully saturated rings. The third kappa shape index (κ3) is 2.59. The van der Waals surface area contributed by atoms with Crippen LogP contribution in [0.3, 0.4) is 0 Å². The van der Waals surface area contributed by atoms with Crippen LogP contribution >= 0.6 is 0 Å². The van der Waals surface area contributed by atoms with E-state index in [1.54, 1.807) is 6.92 Å². The molecule has 0 saturated heterocycles. The fourth-order valence-corrected chi connectivity index (χ4v) is 2.24. The average Bonchev–Trinajstić information content (AvgIpc) is 3.00. The van der Waals surface area contributed by atoms with Crippen LogP contribution in [0.2, 0.25) is 0 Å². The number of hydrogen-bond donors (Lipinski definition) is 3. The van der Waals surface area contributed by atoms with Gasteiger partial charge in [0.15, 0.2) is 11.3 Å². The summed E-state index contributed by atoms with van der Waals surface area (Å²) in [4.78, 5) is 24.1. The smallest absolute Gasteiger partial charge is 0.340 e. The van der Waals surface area contributed by atoms with E-state index in [2.05, 4.69) is 15.6 Å². The first-order valence-corrected chi connectivity index (χ1v) is 6.59. The van der Waals surface area contributed by atoms with Crippen LogP contribution in [0, 0.1) is 6.92 Å². The molecule has 1 aromatic carbocycles. The molecule has 3 rings (SSSR count). The van der Waals surface area contributed by atoms with Crippen LogP contribution in [0.1, 0.15) is 11.1 Å². The summed E-state index contributed by atoms with van der Waals surface area (Å²) in [6.07, 6.45) is 2.38. The number of aromatic hydroxyl groups is 2. The first kappa shape index (κ1) is 14.6. The number of nitrogens with one attached hydrogen (secondary N) is 1. The molecular formula is C14H12N4O5. The molecule has 0 saturated carbocycles. The Morgan fingerprint density at radius 2 is 2.00 bits per heavy atom. The fourth-order valence-electron chi connectivity index (χ4n) is 2.24. The summed E-state index contributed by atoms with van der Waals surface area (Å²) in [6, 6.07) is 2.79. The quantitative estimate of drug-likeness (QED) is 0.471. The van der Waals surface area contributed by atoms with Crippen molar-refractivity contribution in [2.24, 2.45) is 0 Å². The molecule has 0 aliphatic heterocycles. The zero-order chi connectivity index (χ0) is 16.6. The predicted molar refractivity (Wildman–Crippen MR) is 78.6 cm³/mol. The highest BCUT2D eigenvalue weighted by atomic mass is 16.4. The number of carbonyl (C=O) groups excluding carboxylic acids is 1. The molecule has 2 heterocycles. The first-order valence-electron chi connectivity index (χ1n) is 6.59. The molecule has 3 N–H and O–H groups in total. The van der Waals surface area contributed by atoms with Gasteiger partial charge in [0.05, 0.1) is 12.0 Å². The largest absolute Gasteiger partial charge is 0.504 e. The van der Waals surface area contributed by atoms with Gasteiger partial charge in [0, 0.05) is 5.39 Å². The Morgan fingerprint density at radius 3 is 2.70 bits per heavy atom. The Morgan fingerprint density at radius 1 is 1.30 bits per heavy atom. The number of amides is 1. The zero-order valence-corrected chi connectivity index (χ0v) is 12.0. The minimum Gasteiger partial charge on any atom is -0.504 e. The molecule has 1 amide bonds. The van der Waals surface area contributed by atoms with Crippen LogP contribution in [-0.2, 0) is 11.2 Å². The highest BCUT2D eigenvalue weighted by Crippen LogP contribution is 2.34.